The highest BCUT2D eigenvalue weighted by molar-refractivity contribution is 4.98. The van der Waals surface area contributed by atoms with Gasteiger partial charge < -0.3 is 80.3 Å². The maximum atomic E-state index is 11.5. The van der Waals surface area contributed by atoms with Crippen LogP contribution in [0.15, 0.2) is 0 Å². The summed E-state index contributed by atoms with van der Waals surface area (Å²) in [5.74, 6) is 0. The molecule has 11 N–H and O–H groups in total. The lowest BCUT2D eigenvalue weighted by atomic mass is 9.94. The van der Waals surface area contributed by atoms with Crippen molar-refractivity contribution in [1.29, 1.82) is 0 Å². The Labute approximate surface area is 264 Å². The number of aliphatic hydroxyl groups excluding tert-OH is 8. The van der Waals surface area contributed by atoms with Crippen molar-refractivity contribution in [2.45, 2.75) is 151 Å². The van der Waals surface area contributed by atoms with E-state index in [1.54, 1.807) is 0 Å². The maximum absolute atomic E-state index is 11.5. The van der Waals surface area contributed by atoms with E-state index in [1.165, 1.54) is 0 Å². The molecule has 16 heteroatoms. The van der Waals surface area contributed by atoms with E-state index in [1.807, 2.05) is 6.92 Å². The third kappa shape index (κ3) is 9.95. The van der Waals surface area contributed by atoms with E-state index >= 15 is 0 Å². The fourth-order valence-electron chi connectivity index (χ4n) is 5.83. The smallest absolute Gasteiger partial charge is 0.187 e. The van der Waals surface area contributed by atoms with Crippen molar-refractivity contribution < 1.29 is 69.3 Å². The molecule has 0 spiro atoms. The molecule has 0 amide bonds. The Balaban J connectivity index is 1.76. The van der Waals surface area contributed by atoms with Gasteiger partial charge in [-0.3, -0.25) is 0 Å². The van der Waals surface area contributed by atoms with E-state index in [-0.39, 0.29) is 13.2 Å². The van der Waals surface area contributed by atoms with Gasteiger partial charge in [-0.1, -0.05) is 46.0 Å². The van der Waals surface area contributed by atoms with E-state index in [2.05, 4.69) is 12.2 Å². The number of hydrogen-bond acceptors (Lipinski definition) is 16. The normalized spacial score (nSPS) is 42.6. The fraction of sp³-hybridized carbons (Fsp3) is 1.00. The van der Waals surface area contributed by atoms with Gasteiger partial charge in [0, 0.05) is 13.2 Å². The van der Waals surface area contributed by atoms with Crippen molar-refractivity contribution in [3.63, 3.8) is 0 Å². The summed E-state index contributed by atoms with van der Waals surface area (Å²) in [7, 11) is 0. The average Bonchev–Trinajstić information content (AvgIpc) is 3.04. The third-order valence-electron chi connectivity index (χ3n) is 8.57. The van der Waals surface area contributed by atoms with Crippen LogP contribution in [0.1, 0.15) is 58.8 Å². The number of rotatable bonds is 18. The standard InChI is InChI=1S/C29H56N2O14/c1-3-5-6-7-8-9-11-40-29-26(23(38)20(35)16(13-32)42-29)45-27-18(31-10-4-2)21(36)25(17(14-33)43-27)44-28-24(39)22(37)19(34)15(12-30)41-28/h15-29,31-39H,3-14,30H2,1-2H3/t15-,16-,17-,18-,19+,20-,21-,22+,23+,24-,25-,26+,27+,28+,29+/m1/s1. The second kappa shape index (κ2) is 19.4. The topological polar surface area (TPSA) is 255 Å². The Morgan fingerprint density at radius 2 is 1.20 bits per heavy atom. The van der Waals surface area contributed by atoms with Crippen molar-refractivity contribution in [2.24, 2.45) is 5.73 Å². The molecule has 3 heterocycles. The number of ether oxygens (including phenoxy) is 6. The number of nitrogens with one attached hydrogen (secondary N) is 1. The zero-order valence-corrected chi connectivity index (χ0v) is 26.3. The SMILES string of the molecule is CCCCCCCCO[C@H]1O[C@H](CO)[C@@H](O)[C@H](O)[C@@H]1O[C@@H]1O[C@H](CO)[C@@H](O[C@@H]2O[C@H](CN)[C@H](O)[C@H](O)[C@H]2O)[C@H](O)[C@H]1NCCC. The van der Waals surface area contributed by atoms with E-state index < -0.39 is 105 Å². The molecule has 15 atom stereocenters. The molecule has 3 aliphatic heterocycles. The molecule has 0 radical (unpaired) electrons. The summed E-state index contributed by atoms with van der Waals surface area (Å²) in [5.41, 5.74) is 5.63. The molecule has 0 unspecified atom stereocenters. The van der Waals surface area contributed by atoms with Crippen LogP contribution in [0.4, 0.5) is 0 Å². The first kappa shape index (κ1) is 38.8. The lowest BCUT2D eigenvalue weighted by Gasteiger charge is -2.49. The van der Waals surface area contributed by atoms with Gasteiger partial charge in [-0.25, -0.2) is 0 Å². The third-order valence-corrected chi connectivity index (χ3v) is 8.57. The highest BCUT2D eigenvalue weighted by Crippen LogP contribution is 2.33. The zero-order chi connectivity index (χ0) is 33.1. The summed E-state index contributed by atoms with van der Waals surface area (Å²) in [6, 6.07) is -1.03. The van der Waals surface area contributed by atoms with Crippen LogP contribution in [-0.2, 0) is 28.4 Å². The van der Waals surface area contributed by atoms with Crippen LogP contribution in [0.3, 0.4) is 0 Å². The van der Waals surface area contributed by atoms with Crippen molar-refractivity contribution in [3.8, 4) is 0 Å². The van der Waals surface area contributed by atoms with Gasteiger partial charge in [-0.05, 0) is 19.4 Å². The molecule has 3 aliphatic rings. The zero-order valence-electron chi connectivity index (χ0n) is 26.3. The Hall–Kier alpha value is -0.640. The summed E-state index contributed by atoms with van der Waals surface area (Å²) in [4.78, 5) is 0. The molecular weight excluding hydrogens is 600 g/mol. The number of hydrogen-bond donors (Lipinski definition) is 10. The maximum Gasteiger partial charge on any atom is 0.187 e. The molecule has 0 bridgehead atoms. The average molecular weight is 657 g/mol. The van der Waals surface area contributed by atoms with E-state index in [9.17, 15) is 40.9 Å². The highest BCUT2D eigenvalue weighted by atomic mass is 16.8. The molecular formula is C29H56N2O14. The van der Waals surface area contributed by atoms with Crippen molar-refractivity contribution in [3.05, 3.63) is 0 Å². The molecule has 45 heavy (non-hydrogen) atoms. The summed E-state index contributed by atoms with van der Waals surface area (Å²) < 4.78 is 35.3. The monoisotopic (exact) mass is 656 g/mol. The van der Waals surface area contributed by atoms with Crippen LogP contribution in [0, 0.1) is 0 Å². The second-order valence-corrected chi connectivity index (χ2v) is 12.0. The van der Waals surface area contributed by atoms with E-state index in [0.29, 0.717) is 13.0 Å². The number of nitrogens with two attached hydrogens (primary N) is 1. The molecule has 3 fully saturated rings. The minimum atomic E-state index is -1.70. The molecule has 0 aliphatic carbocycles. The largest absolute Gasteiger partial charge is 0.394 e. The minimum Gasteiger partial charge on any atom is -0.394 e. The lowest BCUT2D eigenvalue weighted by molar-refractivity contribution is -0.371. The molecule has 0 aromatic heterocycles. The van der Waals surface area contributed by atoms with Crippen molar-refractivity contribution in [1.82, 2.24) is 5.32 Å². The first-order valence-corrected chi connectivity index (χ1v) is 16.3. The van der Waals surface area contributed by atoms with E-state index in [4.69, 9.17) is 34.2 Å². The molecule has 0 aromatic carbocycles. The van der Waals surface area contributed by atoms with Gasteiger partial charge in [0.2, 0.25) is 0 Å². The Morgan fingerprint density at radius 1 is 0.600 bits per heavy atom. The van der Waals surface area contributed by atoms with Crippen LogP contribution in [-0.4, -0.2) is 166 Å². The lowest BCUT2D eigenvalue weighted by Crippen LogP contribution is -2.69. The summed E-state index contributed by atoms with van der Waals surface area (Å²) in [6.07, 6.45) is -12.8. The number of aliphatic hydroxyl groups is 8. The van der Waals surface area contributed by atoms with Crippen LogP contribution in [0.5, 0.6) is 0 Å². The van der Waals surface area contributed by atoms with Gasteiger partial charge in [-0.2, -0.15) is 0 Å². The van der Waals surface area contributed by atoms with Gasteiger partial charge in [0.1, 0.15) is 67.1 Å². The van der Waals surface area contributed by atoms with Gasteiger partial charge in [-0.15, -0.1) is 0 Å². The molecule has 3 rings (SSSR count). The molecule has 0 saturated carbocycles. The van der Waals surface area contributed by atoms with Gasteiger partial charge in [0.25, 0.3) is 0 Å². The Kier molecular flexibility index (Phi) is 16.7. The predicted molar refractivity (Wildman–Crippen MR) is 156 cm³/mol. The van der Waals surface area contributed by atoms with Gasteiger partial charge in [0.15, 0.2) is 18.9 Å². The number of unbranched alkanes of at least 4 members (excludes halogenated alkanes) is 5. The fourth-order valence-corrected chi connectivity index (χ4v) is 5.83. The van der Waals surface area contributed by atoms with Gasteiger partial charge in [0.05, 0.1) is 19.3 Å². The van der Waals surface area contributed by atoms with Gasteiger partial charge >= 0.3 is 0 Å². The van der Waals surface area contributed by atoms with Crippen LogP contribution >= 0.6 is 0 Å². The van der Waals surface area contributed by atoms with Crippen LogP contribution < -0.4 is 11.1 Å². The summed E-state index contributed by atoms with van der Waals surface area (Å²) in [5, 5.41) is 87.1. The summed E-state index contributed by atoms with van der Waals surface area (Å²) in [6.45, 7) is 3.26. The Bertz CT molecular complexity index is 817. The first-order valence-electron chi connectivity index (χ1n) is 16.3. The highest BCUT2D eigenvalue weighted by Gasteiger charge is 2.53. The first-order chi connectivity index (χ1) is 21.6. The van der Waals surface area contributed by atoms with Crippen LogP contribution in [0.2, 0.25) is 0 Å². The van der Waals surface area contributed by atoms with Crippen LogP contribution in [0.25, 0.3) is 0 Å². The summed E-state index contributed by atoms with van der Waals surface area (Å²) >= 11 is 0. The minimum absolute atomic E-state index is 0.189. The molecule has 0 aromatic rings. The quantitative estimate of drug-likeness (QED) is 0.0651. The Morgan fingerprint density at radius 3 is 1.84 bits per heavy atom. The van der Waals surface area contributed by atoms with Crippen molar-refractivity contribution >= 4 is 0 Å². The van der Waals surface area contributed by atoms with E-state index in [0.717, 1.165) is 38.5 Å². The second-order valence-electron chi connectivity index (χ2n) is 12.0. The molecule has 266 valence electrons. The predicted octanol–water partition coefficient (Wildman–Crippen LogP) is -3.21. The van der Waals surface area contributed by atoms with Crippen molar-refractivity contribution in [2.75, 3.05) is 32.9 Å². The molecule has 3 saturated heterocycles. The molecule has 16 nitrogen and oxygen atoms in total.